The number of benzene rings is 1. The second kappa shape index (κ2) is 9.01. The number of anilines is 1. The molecule has 11 heteroatoms. The lowest BCUT2D eigenvalue weighted by atomic mass is 10.1. The first-order valence-electron chi connectivity index (χ1n) is 8.35. The molecule has 0 aliphatic carbocycles. The Hall–Kier alpha value is -2.98. The number of nitro groups is 1. The molecular formula is C18H18ClN3O6S. The summed E-state index contributed by atoms with van der Waals surface area (Å²) in [5.74, 6) is -1.68. The summed E-state index contributed by atoms with van der Waals surface area (Å²) < 4.78 is 5.05. The van der Waals surface area contributed by atoms with Gasteiger partial charge in [-0.2, -0.15) is 0 Å². The van der Waals surface area contributed by atoms with Crippen LogP contribution < -0.4 is 5.32 Å². The first-order chi connectivity index (χ1) is 13.6. The molecule has 0 aliphatic rings. The number of amides is 2. The van der Waals surface area contributed by atoms with Gasteiger partial charge in [0.1, 0.15) is 5.00 Å². The Labute approximate surface area is 175 Å². The number of nitrogens with one attached hydrogen (secondary N) is 1. The fourth-order valence-electron chi connectivity index (χ4n) is 2.43. The summed E-state index contributed by atoms with van der Waals surface area (Å²) in [6.45, 7) is 3.35. The normalized spacial score (nSPS) is 10.4. The van der Waals surface area contributed by atoms with Crippen LogP contribution in [0.3, 0.4) is 0 Å². The van der Waals surface area contributed by atoms with Crippen molar-refractivity contribution in [2.45, 2.75) is 13.8 Å². The Morgan fingerprint density at radius 2 is 1.97 bits per heavy atom. The molecule has 0 aliphatic heterocycles. The lowest BCUT2D eigenvalue weighted by molar-refractivity contribution is -0.384. The fourth-order valence-corrected chi connectivity index (χ4v) is 3.90. The van der Waals surface area contributed by atoms with Crippen LogP contribution in [0.2, 0.25) is 5.02 Å². The molecule has 1 N–H and O–H groups in total. The maximum absolute atomic E-state index is 12.7. The number of thiophene rings is 1. The molecular weight excluding hydrogens is 422 g/mol. The first-order valence-corrected chi connectivity index (χ1v) is 9.55. The molecule has 2 amide bonds. The van der Waals surface area contributed by atoms with E-state index in [-0.39, 0.29) is 44.2 Å². The van der Waals surface area contributed by atoms with E-state index in [1.54, 1.807) is 27.9 Å². The highest BCUT2D eigenvalue weighted by atomic mass is 35.5. The Balaban J connectivity index is 2.46. The van der Waals surface area contributed by atoms with Crippen LogP contribution in [0.25, 0.3) is 0 Å². The summed E-state index contributed by atoms with van der Waals surface area (Å²) in [4.78, 5) is 49.3. The number of halogens is 1. The zero-order chi connectivity index (χ0) is 21.9. The second-order valence-electron chi connectivity index (χ2n) is 6.06. The Morgan fingerprint density at radius 3 is 2.48 bits per heavy atom. The van der Waals surface area contributed by atoms with Gasteiger partial charge in [0.25, 0.3) is 17.5 Å². The van der Waals surface area contributed by atoms with Crippen LogP contribution in [0.15, 0.2) is 18.2 Å². The van der Waals surface area contributed by atoms with E-state index in [9.17, 15) is 24.5 Å². The molecule has 9 nitrogen and oxygen atoms in total. The smallest absolute Gasteiger partial charge is 0.341 e. The number of rotatable bonds is 6. The number of nitro benzene ring substituents is 1. The molecule has 0 spiro atoms. The zero-order valence-electron chi connectivity index (χ0n) is 16.1. The SMILES string of the molecule is CCOC(=O)c1c(NC(=O)c2ccc([N+](=O)[O-])cc2Cl)sc(C(=O)N(C)C)c1C. The predicted molar refractivity (Wildman–Crippen MR) is 109 cm³/mol. The molecule has 1 heterocycles. The molecule has 0 atom stereocenters. The fraction of sp³-hybridized carbons (Fsp3) is 0.278. The summed E-state index contributed by atoms with van der Waals surface area (Å²) in [5, 5.41) is 13.4. The number of carbonyl (C=O) groups excluding carboxylic acids is 3. The van der Waals surface area contributed by atoms with E-state index in [4.69, 9.17) is 16.3 Å². The van der Waals surface area contributed by atoms with Crippen LogP contribution in [0.5, 0.6) is 0 Å². The van der Waals surface area contributed by atoms with Gasteiger partial charge in [0, 0.05) is 26.2 Å². The van der Waals surface area contributed by atoms with E-state index in [2.05, 4.69) is 5.32 Å². The van der Waals surface area contributed by atoms with Gasteiger partial charge in [-0.15, -0.1) is 11.3 Å². The van der Waals surface area contributed by atoms with Crippen molar-refractivity contribution in [2.75, 3.05) is 26.0 Å². The van der Waals surface area contributed by atoms with Crippen molar-refractivity contribution in [2.24, 2.45) is 0 Å². The van der Waals surface area contributed by atoms with Crippen molar-refractivity contribution in [1.29, 1.82) is 0 Å². The van der Waals surface area contributed by atoms with Gasteiger partial charge < -0.3 is 15.0 Å². The molecule has 1 aromatic heterocycles. The molecule has 2 rings (SSSR count). The van der Waals surface area contributed by atoms with Gasteiger partial charge in [-0.3, -0.25) is 19.7 Å². The van der Waals surface area contributed by atoms with Crippen molar-refractivity contribution in [1.82, 2.24) is 4.90 Å². The van der Waals surface area contributed by atoms with E-state index < -0.39 is 16.8 Å². The Kier molecular flexibility index (Phi) is 6.93. The molecule has 0 radical (unpaired) electrons. The van der Waals surface area contributed by atoms with Crippen LogP contribution in [0.4, 0.5) is 10.7 Å². The van der Waals surface area contributed by atoms with E-state index in [0.717, 1.165) is 23.5 Å². The number of esters is 1. The van der Waals surface area contributed by atoms with Gasteiger partial charge in [-0.25, -0.2) is 4.79 Å². The van der Waals surface area contributed by atoms with E-state index in [0.29, 0.717) is 5.56 Å². The molecule has 154 valence electrons. The monoisotopic (exact) mass is 439 g/mol. The molecule has 2 aromatic rings. The largest absolute Gasteiger partial charge is 0.462 e. The summed E-state index contributed by atoms with van der Waals surface area (Å²) in [5.41, 5.74) is 0.189. The number of hydrogen-bond acceptors (Lipinski definition) is 7. The van der Waals surface area contributed by atoms with Gasteiger partial charge in [-0.1, -0.05) is 11.6 Å². The van der Waals surface area contributed by atoms with Crippen molar-refractivity contribution < 1.29 is 24.0 Å². The first kappa shape index (κ1) is 22.3. The minimum atomic E-state index is -0.680. The van der Waals surface area contributed by atoms with Crippen LogP contribution in [-0.4, -0.2) is 48.3 Å². The van der Waals surface area contributed by atoms with E-state index in [1.807, 2.05) is 0 Å². The third-order valence-electron chi connectivity index (χ3n) is 3.86. The quantitative estimate of drug-likeness (QED) is 0.416. The number of ether oxygens (including phenoxy) is 1. The predicted octanol–water partition coefficient (Wildman–Crippen LogP) is 3.75. The Morgan fingerprint density at radius 1 is 1.31 bits per heavy atom. The standard InChI is InChI=1S/C18H18ClN3O6S/c1-5-28-18(25)13-9(2)14(17(24)21(3)4)29-16(13)20-15(23)11-7-6-10(22(26)27)8-12(11)19/h6-8H,5H2,1-4H3,(H,20,23). The molecule has 0 bridgehead atoms. The molecule has 0 saturated heterocycles. The third-order valence-corrected chi connectivity index (χ3v) is 5.37. The van der Waals surface area contributed by atoms with Gasteiger partial charge in [0.2, 0.25) is 0 Å². The topological polar surface area (TPSA) is 119 Å². The van der Waals surface area contributed by atoms with Crippen molar-refractivity contribution >= 4 is 51.4 Å². The maximum Gasteiger partial charge on any atom is 0.341 e. The van der Waals surface area contributed by atoms with Crippen molar-refractivity contribution in [3.8, 4) is 0 Å². The Bertz CT molecular complexity index is 1000. The number of non-ortho nitro benzene ring substituents is 1. The zero-order valence-corrected chi connectivity index (χ0v) is 17.6. The number of nitrogens with zero attached hydrogens (tertiary/aromatic N) is 2. The average Bonchev–Trinajstić information content (AvgIpc) is 2.96. The van der Waals surface area contributed by atoms with Crippen LogP contribution in [-0.2, 0) is 4.74 Å². The van der Waals surface area contributed by atoms with Gasteiger partial charge >= 0.3 is 5.97 Å². The minimum absolute atomic E-state index is 0.0152. The summed E-state index contributed by atoms with van der Waals surface area (Å²) >= 11 is 6.94. The summed E-state index contributed by atoms with van der Waals surface area (Å²) in [6, 6.07) is 3.42. The van der Waals surface area contributed by atoms with Gasteiger partial charge in [0.05, 0.1) is 32.6 Å². The van der Waals surface area contributed by atoms with Crippen LogP contribution in [0, 0.1) is 17.0 Å². The number of carbonyl (C=O) groups is 3. The molecule has 29 heavy (non-hydrogen) atoms. The average molecular weight is 440 g/mol. The van der Waals surface area contributed by atoms with Crippen LogP contribution >= 0.6 is 22.9 Å². The van der Waals surface area contributed by atoms with E-state index >= 15 is 0 Å². The van der Waals surface area contributed by atoms with E-state index in [1.165, 1.54) is 11.0 Å². The van der Waals surface area contributed by atoms with Gasteiger partial charge in [0.15, 0.2) is 0 Å². The second-order valence-corrected chi connectivity index (χ2v) is 7.48. The van der Waals surface area contributed by atoms with Crippen molar-refractivity contribution in [3.63, 3.8) is 0 Å². The highest BCUT2D eigenvalue weighted by Crippen LogP contribution is 2.35. The highest BCUT2D eigenvalue weighted by molar-refractivity contribution is 7.18. The summed E-state index contributed by atoms with van der Waals surface area (Å²) in [7, 11) is 3.14. The molecule has 0 unspecified atom stereocenters. The maximum atomic E-state index is 12.7. The lowest BCUT2D eigenvalue weighted by Gasteiger charge is -2.09. The van der Waals surface area contributed by atoms with Gasteiger partial charge in [-0.05, 0) is 25.5 Å². The molecule has 1 aromatic carbocycles. The molecule has 0 fully saturated rings. The third kappa shape index (κ3) is 4.72. The number of hydrogen-bond donors (Lipinski definition) is 1. The highest BCUT2D eigenvalue weighted by Gasteiger charge is 2.28. The van der Waals surface area contributed by atoms with Crippen LogP contribution in [0.1, 0.15) is 42.9 Å². The van der Waals surface area contributed by atoms with Crippen molar-refractivity contribution in [3.05, 3.63) is 54.9 Å². The molecule has 0 saturated carbocycles. The summed E-state index contributed by atoms with van der Waals surface area (Å²) in [6.07, 6.45) is 0. The minimum Gasteiger partial charge on any atom is -0.462 e. The lowest BCUT2D eigenvalue weighted by Crippen LogP contribution is -2.21.